The van der Waals surface area contributed by atoms with E-state index in [1.54, 1.807) is 0 Å². The van der Waals surface area contributed by atoms with Crippen LogP contribution in [0.4, 0.5) is 0 Å². The molecule has 0 heterocycles. The molecule has 0 amide bonds. The number of nitrogens with zero attached hydrogens (tertiary/aromatic N) is 2. The topological polar surface area (TPSA) is 40.6 Å². The second kappa shape index (κ2) is 36.8. The number of halogens is 2. The molecule has 0 aliphatic rings. The van der Waals surface area contributed by atoms with Gasteiger partial charge in [0.1, 0.15) is 11.6 Å². The van der Waals surface area contributed by atoms with Gasteiger partial charge in [-0.3, -0.25) is 9.59 Å². The number of carbonyl (C=O) groups excluding carboxylic acids is 2. The zero-order valence-electron chi connectivity index (χ0n) is 26.5. The Bertz CT molecular complexity index is 432. The Labute approximate surface area is 251 Å². The molecule has 0 fully saturated rings. The predicted octanol–water partition coefficient (Wildman–Crippen LogP) is 9.70. The fourth-order valence-corrected chi connectivity index (χ4v) is 4.48. The van der Waals surface area contributed by atoms with Crippen LogP contribution in [0, 0.1) is 0 Å². The first kappa shape index (κ1) is 44.8. The number of ketones is 2. The fraction of sp³-hybridized carbons (Fsp3) is 0.938. The largest absolute Gasteiger partial charge is 0.302 e. The summed E-state index contributed by atoms with van der Waals surface area (Å²) in [5.74, 6) is 0.777. The van der Waals surface area contributed by atoms with Crippen molar-refractivity contribution in [3.05, 3.63) is 0 Å². The smallest absolute Gasteiger partial charge is 0.146 e. The molecule has 0 aliphatic carbocycles. The zero-order chi connectivity index (χ0) is 27.3. The SMILES string of the molecule is CCCCCCCCCCCCC(=O)CN(C)C.CCCCCCCCCCCCC(=O)CN(C)C.Cl.Cl. The van der Waals surface area contributed by atoms with Crippen LogP contribution in [0.25, 0.3) is 0 Å². The number of likely N-dealkylation sites (N-methyl/N-ethyl adjacent to an activating group) is 2. The Hall–Kier alpha value is -0.160. The summed E-state index contributed by atoms with van der Waals surface area (Å²) in [5, 5.41) is 0. The van der Waals surface area contributed by atoms with Gasteiger partial charge in [0, 0.05) is 12.8 Å². The zero-order valence-corrected chi connectivity index (χ0v) is 28.1. The number of unbranched alkanes of at least 4 members (excludes halogenated alkanes) is 18. The van der Waals surface area contributed by atoms with Gasteiger partial charge in [0.25, 0.3) is 0 Å². The molecule has 232 valence electrons. The molecule has 0 bridgehead atoms. The second-order valence-corrected chi connectivity index (χ2v) is 11.4. The molecule has 4 nitrogen and oxygen atoms in total. The summed E-state index contributed by atoms with van der Waals surface area (Å²) in [6, 6.07) is 0. The molecule has 6 heteroatoms. The van der Waals surface area contributed by atoms with Crippen LogP contribution in [-0.4, -0.2) is 62.6 Å². The minimum atomic E-state index is 0. The number of hydrogen-bond acceptors (Lipinski definition) is 4. The van der Waals surface area contributed by atoms with Crippen LogP contribution in [0.5, 0.6) is 0 Å². The maximum atomic E-state index is 11.4. The standard InChI is InChI=1S/2C16H33NO.2ClH/c2*1-4-5-6-7-8-9-10-11-12-13-14-16(18)15-17(2)3;;/h2*4-15H2,1-3H3;2*1H. The molecule has 0 aromatic rings. The third-order valence-corrected chi connectivity index (χ3v) is 6.60. The molecule has 0 aliphatic heterocycles. The molecule has 0 rings (SSSR count). The van der Waals surface area contributed by atoms with Crippen molar-refractivity contribution in [1.82, 2.24) is 9.80 Å². The van der Waals surface area contributed by atoms with E-state index in [1.807, 2.05) is 38.0 Å². The molecule has 0 N–H and O–H groups in total. The van der Waals surface area contributed by atoms with Crippen molar-refractivity contribution >= 4 is 36.4 Å². The van der Waals surface area contributed by atoms with Crippen LogP contribution in [0.15, 0.2) is 0 Å². The Morgan fingerprint density at radius 2 is 0.605 bits per heavy atom. The first-order chi connectivity index (χ1) is 17.3. The molecule has 0 saturated carbocycles. The molecule has 0 atom stereocenters. The van der Waals surface area contributed by atoms with Crippen molar-refractivity contribution in [2.24, 2.45) is 0 Å². The molecule has 0 aromatic carbocycles. The van der Waals surface area contributed by atoms with Gasteiger partial charge in [0.15, 0.2) is 0 Å². The van der Waals surface area contributed by atoms with Crippen molar-refractivity contribution in [1.29, 1.82) is 0 Å². The minimum absolute atomic E-state index is 0. The van der Waals surface area contributed by atoms with Gasteiger partial charge in [-0.15, -0.1) is 24.8 Å². The van der Waals surface area contributed by atoms with Gasteiger partial charge in [0.05, 0.1) is 13.1 Å². The Balaban J connectivity index is -0.000000289. The van der Waals surface area contributed by atoms with E-state index in [0.717, 1.165) is 25.7 Å². The normalized spacial score (nSPS) is 10.5. The van der Waals surface area contributed by atoms with Crippen molar-refractivity contribution in [2.45, 2.75) is 155 Å². The summed E-state index contributed by atoms with van der Waals surface area (Å²) in [7, 11) is 7.82. The lowest BCUT2D eigenvalue weighted by Gasteiger charge is -2.07. The maximum absolute atomic E-state index is 11.4. The van der Waals surface area contributed by atoms with Crippen LogP contribution >= 0.6 is 24.8 Å². The molecule has 0 spiro atoms. The van der Waals surface area contributed by atoms with E-state index >= 15 is 0 Å². The lowest BCUT2D eigenvalue weighted by molar-refractivity contribution is -0.120. The van der Waals surface area contributed by atoms with Crippen molar-refractivity contribution in [3.63, 3.8) is 0 Å². The average molecular weight is 584 g/mol. The third-order valence-electron chi connectivity index (χ3n) is 6.60. The van der Waals surface area contributed by atoms with E-state index in [0.29, 0.717) is 24.7 Å². The number of hydrogen-bond donors (Lipinski definition) is 0. The molecule has 0 aromatic heterocycles. The average Bonchev–Trinajstić information content (AvgIpc) is 2.81. The predicted molar refractivity (Wildman–Crippen MR) is 175 cm³/mol. The van der Waals surface area contributed by atoms with Crippen LogP contribution in [-0.2, 0) is 9.59 Å². The van der Waals surface area contributed by atoms with Crippen LogP contribution in [0.1, 0.15) is 155 Å². The highest BCUT2D eigenvalue weighted by Crippen LogP contribution is 2.12. The summed E-state index contributed by atoms with van der Waals surface area (Å²) >= 11 is 0. The molecular weight excluding hydrogens is 515 g/mol. The summed E-state index contributed by atoms with van der Waals surface area (Å²) in [5.41, 5.74) is 0. The quantitative estimate of drug-likeness (QED) is 0.0951. The maximum Gasteiger partial charge on any atom is 0.146 e. The lowest BCUT2D eigenvalue weighted by Crippen LogP contribution is -2.21. The van der Waals surface area contributed by atoms with Crippen LogP contribution in [0.3, 0.4) is 0 Å². The van der Waals surface area contributed by atoms with Gasteiger partial charge < -0.3 is 9.80 Å². The van der Waals surface area contributed by atoms with E-state index in [1.165, 1.54) is 116 Å². The van der Waals surface area contributed by atoms with Crippen molar-refractivity contribution < 1.29 is 9.59 Å². The van der Waals surface area contributed by atoms with Gasteiger partial charge in [0.2, 0.25) is 0 Å². The van der Waals surface area contributed by atoms with Crippen molar-refractivity contribution in [2.75, 3.05) is 41.3 Å². The number of carbonyl (C=O) groups is 2. The van der Waals surface area contributed by atoms with Crippen molar-refractivity contribution in [3.8, 4) is 0 Å². The third kappa shape index (κ3) is 42.9. The molecule has 0 unspecified atom stereocenters. The molecular formula is C32H68Cl2N2O2. The van der Waals surface area contributed by atoms with Gasteiger partial charge in [-0.25, -0.2) is 0 Å². The van der Waals surface area contributed by atoms with E-state index in [2.05, 4.69) is 13.8 Å². The van der Waals surface area contributed by atoms with Crippen LogP contribution in [0.2, 0.25) is 0 Å². The van der Waals surface area contributed by atoms with E-state index in [9.17, 15) is 9.59 Å². The van der Waals surface area contributed by atoms with Gasteiger partial charge in [-0.05, 0) is 41.0 Å². The Kier molecular flexibility index (Phi) is 43.5. The summed E-state index contributed by atoms with van der Waals surface area (Å²) in [6.07, 6.45) is 28.2. The summed E-state index contributed by atoms with van der Waals surface area (Å²) in [6.45, 7) is 5.74. The highest BCUT2D eigenvalue weighted by Gasteiger charge is 2.03. The summed E-state index contributed by atoms with van der Waals surface area (Å²) < 4.78 is 0. The highest BCUT2D eigenvalue weighted by atomic mass is 35.5. The number of rotatable bonds is 26. The van der Waals surface area contributed by atoms with Gasteiger partial charge >= 0.3 is 0 Å². The van der Waals surface area contributed by atoms with E-state index in [4.69, 9.17) is 0 Å². The Morgan fingerprint density at radius 3 is 0.816 bits per heavy atom. The first-order valence-electron chi connectivity index (χ1n) is 15.7. The molecule has 0 radical (unpaired) electrons. The number of Topliss-reactive ketones (excluding diaryl/α,β-unsaturated/α-hetero) is 2. The Morgan fingerprint density at radius 1 is 0.395 bits per heavy atom. The second-order valence-electron chi connectivity index (χ2n) is 11.4. The molecule has 38 heavy (non-hydrogen) atoms. The van der Waals surface area contributed by atoms with E-state index < -0.39 is 0 Å². The fourth-order valence-electron chi connectivity index (χ4n) is 4.48. The van der Waals surface area contributed by atoms with Gasteiger partial charge in [-0.2, -0.15) is 0 Å². The monoisotopic (exact) mass is 582 g/mol. The highest BCUT2D eigenvalue weighted by molar-refractivity contribution is 5.85. The lowest BCUT2D eigenvalue weighted by atomic mass is 10.0. The minimum Gasteiger partial charge on any atom is -0.302 e. The van der Waals surface area contributed by atoms with Gasteiger partial charge in [-0.1, -0.05) is 129 Å². The van der Waals surface area contributed by atoms with E-state index in [-0.39, 0.29) is 24.8 Å². The first-order valence-corrected chi connectivity index (χ1v) is 15.7. The van der Waals surface area contributed by atoms with Crippen LogP contribution < -0.4 is 0 Å². The summed E-state index contributed by atoms with van der Waals surface area (Å²) in [4.78, 5) is 26.8. The molecule has 0 saturated heterocycles.